The number of aromatic nitrogens is 3. The summed E-state index contributed by atoms with van der Waals surface area (Å²) in [7, 11) is 0. The van der Waals surface area contributed by atoms with Crippen molar-refractivity contribution in [1.82, 2.24) is 14.8 Å². The first-order valence-electron chi connectivity index (χ1n) is 7.81. The Morgan fingerprint density at radius 2 is 1.81 bits per heavy atom. The predicted octanol–water partition coefficient (Wildman–Crippen LogP) is 4.92. The molecule has 0 aliphatic heterocycles. The van der Waals surface area contributed by atoms with Crippen molar-refractivity contribution < 1.29 is 4.79 Å². The highest BCUT2D eigenvalue weighted by Crippen LogP contribution is 2.26. The molecule has 0 fully saturated rings. The summed E-state index contributed by atoms with van der Waals surface area (Å²) >= 11 is 13.2. The van der Waals surface area contributed by atoms with Gasteiger partial charge in [0.15, 0.2) is 5.16 Å². The molecular weight excluding hydrogens is 391 g/mol. The Labute approximate surface area is 165 Å². The van der Waals surface area contributed by atoms with E-state index in [1.165, 1.54) is 17.3 Å². The van der Waals surface area contributed by atoms with Crippen molar-refractivity contribution in [3.8, 4) is 5.69 Å². The third-order valence-corrected chi connectivity index (χ3v) is 5.29. The number of hydrogen-bond acceptors (Lipinski definition) is 4. The van der Waals surface area contributed by atoms with Crippen molar-refractivity contribution in [2.75, 3.05) is 11.1 Å². The number of carbonyl (C=O) groups is 1. The van der Waals surface area contributed by atoms with Gasteiger partial charge in [-0.3, -0.25) is 9.36 Å². The Bertz CT molecular complexity index is 941. The molecule has 26 heavy (non-hydrogen) atoms. The number of benzene rings is 2. The number of thioether (sulfide) groups is 1. The van der Waals surface area contributed by atoms with Crippen LogP contribution in [-0.2, 0) is 4.79 Å². The summed E-state index contributed by atoms with van der Waals surface area (Å²) in [6, 6.07) is 13.0. The molecule has 0 aliphatic carbocycles. The van der Waals surface area contributed by atoms with Crippen LogP contribution >= 0.6 is 35.0 Å². The zero-order chi connectivity index (χ0) is 18.7. The van der Waals surface area contributed by atoms with E-state index in [1.54, 1.807) is 18.2 Å². The third-order valence-electron chi connectivity index (χ3n) is 3.62. The van der Waals surface area contributed by atoms with E-state index >= 15 is 0 Å². The highest BCUT2D eigenvalue weighted by Gasteiger charge is 2.13. The van der Waals surface area contributed by atoms with E-state index in [1.807, 2.05) is 42.7 Å². The van der Waals surface area contributed by atoms with E-state index < -0.39 is 0 Å². The SMILES string of the molecule is Cc1ccc(-n2c(C)nnc2SCC(=O)Nc2ccc(Cl)c(Cl)c2)cc1. The maximum atomic E-state index is 12.2. The van der Waals surface area contributed by atoms with Crippen molar-refractivity contribution >= 4 is 46.6 Å². The minimum atomic E-state index is -0.163. The van der Waals surface area contributed by atoms with Crippen molar-refractivity contribution in [2.24, 2.45) is 0 Å². The van der Waals surface area contributed by atoms with Gasteiger partial charge in [0.1, 0.15) is 5.82 Å². The highest BCUT2D eigenvalue weighted by atomic mass is 35.5. The van der Waals surface area contributed by atoms with Crippen LogP contribution in [0, 0.1) is 13.8 Å². The lowest BCUT2D eigenvalue weighted by molar-refractivity contribution is -0.113. The first-order chi connectivity index (χ1) is 12.4. The van der Waals surface area contributed by atoms with Crippen LogP contribution in [0.4, 0.5) is 5.69 Å². The van der Waals surface area contributed by atoms with Gasteiger partial charge < -0.3 is 5.32 Å². The normalized spacial score (nSPS) is 10.8. The zero-order valence-electron chi connectivity index (χ0n) is 14.2. The third kappa shape index (κ3) is 4.38. The number of anilines is 1. The van der Waals surface area contributed by atoms with Gasteiger partial charge in [0.2, 0.25) is 5.91 Å². The molecule has 0 atom stereocenters. The average Bonchev–Trinajstić information content (AvgIpc) is 2.98. The Morgan fingerprint density at radius 1 is 1.08 bits per heavy atom. The molecule has 0 unspecified atom stereocenters. The minimum absolute atomic E-state index is 0.163. The van der Waals surface area contributed by atoms with Gasteiger partial charge in [0.25, 0.3) is 0 Å². The van der Waals surface area contributed by atoms with Gasteiger partial charge in [-0.25, -0.2) is 0 Å². The molecule has 0 bridgehead atoms. The quantitative estimate of drug-likeness (QED) is 0.610. The molecule has 3 rings (SSSR count). The summed E-state index contributed by atoms with van der Waals surface area (Å²) in [4.78, 5) is 12.2. The maximum absolute atomic E-state index is 12.2. The zero-order valence-corrected chi connectivity index (χ0v) is 16.5. The fraction of sp³-hybridized carbons (Fsp3) is 0.167. The van der Waals surface area contributed by atoms with E-state index in [2.05, 4.69) is 15.5 Å². The molecule has 3 aromatic rings. The molecule has 2 aromatic carbocycles. The molecule has 0 aliphatic rings. The Morgan fingerprint density at radius 3 is 2.50 bits per heavy atom. The van der Waals surface area contributed by atoms with Crippen molar-refractivity contribution in [3.63, 3.8) is 0 Å². The Hall–Kier alpha value is -2.02. The van der Waals surface area contributed by atoms with Crippen molar-refractivity contribution in [1.29, 1.82) is 0 Å². The monoisotopic (exact) mass is 406 g/mol. The van der Waals surface area contributed by atoms with E-state index in [-0.39, 0.29) is 11.7 Å². The van der Waals surface area contributed by atoms with Crippen LogP contribution in [0.3, 0.4) is 0 Å². The van der Waals surface area contributed by atoms with Crippen LogP contribution in [0.1, 0.15) is 11.4 Å². The second-order valence-electron chi connectivity index (χ2n) is 5.67. The minimum Gasteiger partial charge on any atom is -0.325 e. The van der Waals surface area contributed by atoms with Crippen molar-refractivity contribution in [3.05, 3.63) is 63.9 Å². The Kier molecular flexibility index (Phi) is 5.86. The summed E-state index contributed by atoms with van der Waals surface area (Å²) < 4.78 is 1.93. The Balaban J connectivity index is 1.69. The fourth-order valence-corrected chi connectivity index (χ4v) is 3.42. The first kappa shape index (κ1) is 18.8. The van der Waals surface area contributed by atoms with Gasteiger partial charge in [-0.15, -0.1) is 10.2 Å². The number of nitrogens with one attached hydrogen (secondary N) is 1. The lowest BCUT2D eigenvalue weighted by Crippen LogP contribution is -2.14. The molecule has 0 saturated carbocycles. The largest absolute Gasteiger partial charge is 0.325 e. The topological polar surface area (TPSA) is 59.8 Å². The molecule has 1 amide bonds. The average molecular weight is 407 g/mol. The molecule has 1 heterocycles. The number of carbonyl (C=O) groups excluding carboxylic acids is 1. The van der Waals surface area contributed by atoms with Crippen molar-refractivity contribution in [2.45, 2.75) is 19.0 Å². The lowest BCUT2D eigenvalue weighted by atomic mass is 10.2. The second-order valence-corrected chi connectivity index (χ2v) is 7.42. The van der Waals surface area contributed by atoms with Gasteiger partial charge in [-0.1, -0.05) is 52.7 Å². The molecule has 8 heteroatoms. The highest BCUT2D eigenvalue weighted by molar-refractivity contribution is 7.99. The summed E-state index contributed by atoms with van der Waals surface area (Å²) in [5.74, 6) is 0.801. The number of hydrogen-bond donors (Lipinski definition) is 1. The van der Waals surface area contributed by atoms with Crippen LogP contribution in [-0.4, -0.2) is 26.4 Å². The van der Waals surface area contributed by atoms with Crippen LogP contribution in [0.15, 0.2) is 47.6 Å². The van der Waals surface area contributed by atoms with Gasteiger partial charge in [0.05, 0.1) is 15.8 Å². The first-order valence-corrected chi connectivity index (χ1v) is 9.55. The van der Waals surface area contributed by atoms with Gasteiger partial charge in [-0.05, 0) is 44.2 Å². The number of aryl methyl sites for hydroxylation is 2. The molecule has 1 N–H and O–H groups in total. The summed E-state index contributed by atoms with van der Waals surface area (Å²) in [6.07, 6.45) is 0. The molecule has 5 nitrogen and oxygen atoms in total. The van der Waals surface area contributed by atoms with E-state index in [4.69, 9.17) is 23.2 Å². The van der Waals surface area contributed by atoms with Gasteiger partial charge in [-0.2, -0.15) is 0 Å². The molecule has 134 valence electrons. The number of amides is 1. The van der Waals surface area contributed by atoms with Gasteiger partial charge >= 0.3 is 0 Å². The number of rotatable bonds is 5. The molecule has 0 radical (unpaired) electrons. The van der Waals surface area contributed by atoms with Crippen LogP contribution < -0.4 is 5.32 Å². The standard InChI is InChI=1S/C18H16Cl2N4OS/c1-11-3-6-14(7-4-11)24-12(2)22-23-18(24)26-10-17(25)21-13-5-8-15(19)16(20)9-13/h3-9H,10H2,1-2H3,(H,21,25). The van der Waals surface area contributed by atoms with E-state index in [0.29, 0.717) is 20.9 Å². The number of halogens is 2. The van der Waals surface area contributed by atoms with Gasteiger partial charge in [0, 0.05) is 11.4 Å². The number of nitrogens with zero attached hydrogens (tertiary/aromatic N) is 3. The molecule has 0 saturated heterocycles. The summed E-state index contributed by atoms with van der Waals surface area (Å²) in [5, 5.41) is 12.6. The van der Waals surface area contributed by atoms with E-state index in [9.17, 15) is 4.79 Å². The lowest BCUT2D eigenvalue weighted by Gasteiger charge is -2.09. The van der Waals surface area contributed by atoms with Crippen LogP contribution in [0.25, 0.3) is 5.69 Å². The molecule has 1 aromatic heterocycles. The smallest absolute Gasteiger partial charge is 0.234 e. The molecule has 0 spiro atoms. The van der Waals surface area contributed by atoms with E-state index in [0.717, 1.165) is 11.5 Å². The van der Waals surface area contributed by atoms with Crippen LogP contribution in [0.5, 0.6) is 0 Å². The predicted molar refractivity (Wildman–Crippen MR) is 107 cm³/mol. The second kappa shape index (κ2) is 8.12. The maximum Gasteiger partial charge on any atom is 0.234 e. The summed E-state index contributed by atoms with van der Waals surface area (Å²) in [5.41, 5.74) is 2.74. The van der Waals surface area contributed by atoms with Crippen LogP contribution in [0.2, 0.25) is 10.0 Å². The fourth-order valence-electron chi connectivity index (χ4n) is 2.33. The molecular formula is C18H16Cl2N4OS. The summed E-state index contributed by atoms with van der Waals surface area (Å²) in [6.45, 7) is 3.92.